The standard InChI is InChI=1S/C15H15N5O2/c1-11(12-6-5-8-16-10-12)18(2)14-15(20(21)22)19-9-4-3-7-13(19)17-14/h3-11H,1-2H3/t11-/m1/s1. The highest BCUT2D eigenvalue weighted by molar-refractivity contribution is 5.63. The van der Waals surface area contributed by atoms with Crippen molar-refractivity contribution in [2.24, 2.45) is 0 Å². The largest absolute Gasteiger partial charge is 0.372 e. The first-order chi connectivity index (χ1) is 10.6. The van der Waals surface area contributed by atoms with Gasteiger partial charge >= 0.3 is 5.82 Å². The first-order valence-corrected chi connectivity index (χ1v) is 6.84. The molecule has 3 aromatic rings. The molecule has 3 heterocycles. The fraction of sp³-hybridized carbons (Fsp3) is 0.200. The lowest BCUT2D eigenvalue weighted by atomic mass is 10.1. The normalized spacial score (nSPS) is 12.3. The van der Waals surface area contributed by atoms with Gasteiger partial charge in [0.05, 0.1) is 12.2 Å². The van der Waals surface area contributed by atoms with Crippen LogP contribution in [0.3, 0.4) is 0 Å². The van der Waals surface area contributed by atoms with E-state index in [1.54, 1.807) is 48.7 Å². The molecule has 0 bridgehead atoms. The smallest absolute Gasteiger partial charge is 0.358 e. The number of fused-ring (bicyclic) bond motifs is 1. The number of nitro groups is 1. The maximum Gasteiger partial charge on any atom is 0.372 e. The van der Waals surface area contributed by atoms with Crippen molar-refractivity contribution in [1.29, 1.82) is 0 Å². The molecule has 3 aromatic heterocycles. The van der Waals surface area contributed by atoms with Crippen LogP contribution in [0, 0.1) is 10.1 Å². The highest BCUT2D eigenvalue weighted by Crippen LogP contribution is 2.32. The molecule has 7 nitrogen and oxygen atoms in total. The van der Waals surface area contributed by atoms with E-state index in [0.717, 1.165) is 5.56 Å². The quantitative estimate of drug-likeness (QED) is 0.546. The van der Waals surface area contributed by atoms with Crippen molar-refractivity contribution in [3.05, 3.63) is 64.6 Å². The summed E-state index contributed by atoms with van der Waals surface area (Å²) in [6.07, 6.45) is 5.10. The van der Waals surface area contributed by atoms with Crippen LogP contribution in [0.25, 0.3) is 5.65 Å². The second-order valence-corrected chi connectivity index (χ2v) is 5.02. The lowest BCUT2D eigenvalue weighted by Crippen LogP contribution is -2.23. The summed E-state index contributed by atoms with van der Waals surface area (Å²) in [6.45, 7) is 1.96. The summed E-state index contributed by atoms with van der Waals surface area (Å²) >= 11 is 0. The van der Waals surface area contributed by atoms with Gasteiger partial charge in [0.15, 0.2) is 0 Å². The minimum absolute atomic E-state index is 0.0335. The molecule has 0 aliphatic rings. The van der Waals surface area contributed by atoms with Crippen LogP contribution in [0.4, 0.5) is 11.6 Å². The summed E-state index contributed by atoms with van der Waals surface area (Å²) in [5, 5.41) is 11.5. The molecule has 0 saturated carbocycles. The summed E-state index contributed by atoms with van der Waals surface area (Å²) in [6, 6.07) is 9.00. The fourth-order valence-electron chi connectivity index (χ4n) is 2.41. The lowest BCUT2D eigenvalue weighted by Gasteiger charge is -2.24. The van der Waals surface area contributed by atoms with E-state index < -0.39 is 4.92 Å². The molecule has 1 atom stereocenters. The molecule has 0 aliphatic carbocycles. The van der Waals surface area contributed by atoms with Gasteiger partial charge in [-0.15, -0.1) is 0 Å². The molecule has 22 heavy (non-hydrogen) atoms. The molecule has 0 N–H and O–H groups in total. The number of anilines is 1. The van der Waals surface area contributed by atoms with Gasteiger partial charge in [0.2, 0.25) is 11.5 Å². The third-order valence-corrected chi connectivity index (χ3v) is 3.74. The van der Waals surface area contributed by atoms with E-state index in [0.29, 0.717) is 11.5 Å². The van der Waals surface area contributed by atoms with E-state index in [4.69, 9.17) is 0 Å². The van der Waals surface area contributed by atoms with Gasteiger partial charge in [0.1, 0.15) is 0 Å². The summed E-state index contributed by atoms with van der Waals surface area (Å²) in [5.41, 5.74) is 1.52. The molecule has 3 rings (SSSR count). The van der Waals surface area contributed by atoms with Crippen LogP contribution in [0.2, 0.25) is 0 Å². The van der Waals surface area contributed by atoms with Crippen LogP contribution in [-0.4, -0.2) is 26.3 Å². The van der Waals surface area contributed by atoms with Crippen molar-refractivity contribution in [2.45, 2.75) is 13.0 Å². The van der Waals surface area contributed by atoms with Crippen LogP contribution >= 0.6 is 0 Å². The molecular formula is C15H15N5O2. The van der Waals surface area contributed by atoms with Crippen molar-refractivity contribution in [2.75, 3.05) is 11.9 Å². The first-order valence-electron chi connectivity index (χ1n) is 6.84. The Balaban J connectivity index is 2.09. The predicted molar refractivity (Wildman–Crippen MR) is 82.9 cm³/mol. The summed E-state index contributed by atoms with van der Waals surface area (Å²) in [4.78, 5) is 21.4. The van der Waals surface area contributed by atoms with Gasteiger partial charge in [-0.2, -0.15) is 9.38 Å². The van der Waals surface area contributed by atoms with Crippen molar-refractivity contribution < 1.29 is 4.92 Å². The topological polar surface area (TPSA) is 76.6 Å². The van der Waals surface area contributed by atoms with E-state index in [2.05, 4.69) is 9.97 Å². The van der Waals surface area contributed by atoms with Crippen LogP contribution in [0.1, 0.15) is 18.5 Å². The fourth-order valence-corrected chi connectivity index (χ4v) is 2.41. The molecule has 7 heteroatoms. The van der Waals surface area contributed by atoms with E-state index >= 15 is 0 Å². The number of aromatic nitrogens is 3. The Morgan fingerprint density at radius 2 is 2.14 bits per heavy atom. The lowest BCUT2D eigenvalue weighted by molar-refractivity contribution is -0.389. The summed E-state index contributed by atoms with van der Waals surface area (Å²) in [5.74, 6) is 0.307. The first kappa shape index (κ1) is 14.0. The van der Waals surface area contributed by atoms with Crippen LogP contribution in [0.15, 0.2) is 48.9 Å². The van der Waals surface area contributed by atoms with Gasteiger partial charge in [-0.25, -0.2) is 0 Å². The van der Waals surface area contributed by atoms with Crippen molar-refractivity contribution in [3.8, 4) is 0 Å². The number of hydrogen-bond acceptors (Lipinski definition) is 5. The average Bonchev–Trinajstić information content (AvgIpc) is 2.94. The Bertz CT molecular complexity index is 815. The highest BCUT2D eigenvalue weighted by Gasteiger charge is 2.27. The van der Waals surface area contributed by atoms with Crippen molar-refractivity contribution in [3.63, 3.8) is 0 Å². The van der Waals surface area contributed by atoms with E-state index in [-0.39, 0.29) is 11.9 Å². The number of hydrogen-bond donors (Lipinski definition) is 0. The molecule has 0 aliphatic heterocycles. The molecule has 0 amide bonds. The van der Waals surface area contributed by atoms with Crippen LogP contribution in [-0.2, 0) is 0 Å². The summed E-state index contributed by atoms with van der Waals surface area (Å²) < 4.78 is 1.49. The third kappa shape index (κ3) is 2.26. The molecule has 0 saturated heterocycles. The Kier molecular flexibility index (Phi) is 3.46. The van der Waals surface area contributed by atoms with Crippen molar-refractivity contribution >= 4 is 17.3 Å². The monoisotopic (exact) mass is 297 g/mol. The van der Waals surface area contributed by atoms with Gasteiger partial charge < -0.3 is 15.0 Å². The van der Waals surface area contributed by atoms with Gasteiger partial charge in [-0.1, -0.05) is 12.1 Å². The minimum Gasteiger partial charge on any atom is -0.358 e. The van der Waals surface area contributed by atoms with E-state index in [1.807, 2.05) is 19.1 Å². The zero-order valence-corrected chi connectivity index (χ0v) is 12.2. The number of pyridine rings is 2. The summed E-state index contributed by atoms with van der Waals surface area (Å²) in [7, 11) is 1.80. The molecule has 112 valence electrons. The van der Waals surface area contributed by atoms with Gasteiger partial charge in [-0.3, -0.25) is 4.98 Å². The molecule has 0 unspecified atom stereocenters. The van der Waals surface area contributed by atoms with E-state index in [1.165, 1.54) is 4.40 Å². The Hall–Kier alpha value is -2.96. The second kappa shape index (κ2) is 5.44. The van der Waals surface area contributed by atoms with Gasteiger partial charge in [-0.05, 0) is 29.5 Å². The van der Waals surface area contributed by atoms with Gasteiger partial charge in [0, 0.05) is 25.5 Å². The number of nitrogens with zero attached hydrogens (tertiary/aromatic N) is 5. The molecule has 0 fully saturated rings. The number of imidazole rings is 1. The minimum atomic E-state index is -0.401. The maximum absolute atomic E-state index is 11.5. The molecule has 0 radical (unpaired) electrons. The Morgan fingerprint density at radius 1 is 1.32 bits per heavy atom. The molecular weight excluding hydrogens is 282 g/mol. The van der Waals surface area contributed by atoms with Crippen molar-refractivity contribution in [1.82, 2.24) is 14.4 Å². The average molecular weight is 297 g/mol. The maximum atomic E-state index is 11.5. The Morgan fingerprint density at radius 3 is 2.82 bits per heavy atom. The predicted octanol–water partition coefficient (Wildman–Crippen LogP) is 2.83. The van der Waals surface area contributed by atoms with Gasteiger partial charge in [0.25, 0.3) is 0 Å². The third-order valence-electron chi connectivity index (χ3n) is 3.74. The highest BCUT2D eigenvalue weighted by atomic mass is 16.6. The molecule has 0 aromatic carbocycles. The Labute approximate surface area is 127 Å². The van der Waals surface area contributed by atoms with Crippen LogP contribution < -0.4 is 4.90 Å². The zero-order valence-electron chi connectivity index (χ0n) is 12.2. The van der Waals surface area contributed by atoms with E-state index in [9.17, 15) is 10.1 Å². The second-order valence-electron chi connectivity index (χ2n) is 5.02. The molecule has 0 spiro atoms. The number of rotatable bonds is 4. The zero-order chi connectivity index (χ0) is 15.7. The van der Waals surface area contributed by atoms with Crippen LogP contribution in [0.5, 0.6) is 0 Å². The SMILES string of the molecule is C[C@H](c1cccnc1)N(C)c1nc2ccccn2c1[N+](=O)[O-].